The molecule has 0 spiro atoms. The normalized spacial score (nSPS) is 20.2. The molecular formula is C11H17N5O. The van der Waals surface area contributed by atoms with Crippen molar-refractivity contribution in [1.29, 1.82) is 0 Å². The molecule has 0 radical (unpaired) electrons. The van der Waals surface area contributed by atoms with Crippen molar-refractivity contribution in [3.63, 3.8) is 0 Å². The first kappa shape index (κ1) is 11.8. The van der Waals surface area contributed by atoms with Crippen molar-refractivity contribution in [3.8, 4) is 0 Å². The predicted octanol–water partition coefficient (Wildman–Crippen LogP) is -0.199. The van der Waals surface area contributed by atoms with Crippen LogP contribution in [0.15, 0.2) is 18.3 Å². The van der Waals surface area contributed by atoms with Crippen LogP contribution in [0.1, 0.15) is 16.9 Å². The van der Waals surface area contributed by atoms with E-state index in [0.717, 1.165) is 19.5 Å². The number of pyridine rings is 1. The van der Waals surface area contributed by atoms with Crippen LogP contribution in [0.3, 0.4) is 0 Å². The second-order valence-electron chi connectivity index (χ2n) is 4.30. The van der Waals surface area contributed by atoms with Crippen LogP contribution < -0.4 is 16.6 Å². The molecule has 1 atom stereocenters. The van der Waals surface area contributed by atoms with Crippen molar-refractivity contribution in [1.82, 2.24) is 15.2 Å². The van der Waals surface area contributed by atoms with Crippen LogP contribution in [0.25, 0.3) is 0 Å². The van der Waals surface area contributed by atoms with E-state index in [9.17, 15) is 4.79 Å². The van der Waals surface area contributed by atoms with Gasteiger partial charge in [-0.1, -0.05) is 0 Å². The van der Waals surface area contributed by atoms with Gasteiger partial charge >= 0.3 is 0 Å². The molecule has 1 aromatic heterocycles. The van der Waals surface area contributed by atoms with Gasteiger partial charge in [-0.15, -0.1) is 0 Å². The summed E-state index contributed by atoms with van der Waals surface area (Å²) in [5.41, 5.74) is 3.57. The maximum Gasteiger partial charge on any atom is 0.270 e. The lowest BCUT2D eigenvalue weighted by atomic mass is 10.2. The van der Waals surface area contributed by atoms with E-state index in [1.54, 1.807) is 12.1 Å². The van der Waals surface area contributed by atoms with E-state index in [2.05, 4.69) is 20.6 Å². The molecule has 2 rings (SSSR count). The van der Waals surface area contributed by atoms with Gasteiger partial charge in [-0.25, -0.2) is 4.98 Å². The Hall–Kier alpha value is -1.66. The minimum Gasteiger partial charge on any atom is -0.347 e. The van der Waals surface area contributed by atoms with Crippen LogP contribution in [0.2, 0.25) is 0 Å². The molecule has 0 aliphatic carbocycles. The Balaban J connectivity index is 1.94. The molecule has 1 unspecified atom stereocenters. The number of anilines is 1. The number of hydrazine groups is 1. The zero-order valence-corrected chi connectivity index (χ0v) is 9.81. The molecule has 1 aliphatic heterocycles. The smallest absolute Gasteiger partial charge is 0.270 e. The zero-order chi connectivity index (χ0) is 12.3. The van der Waals surface area contributed by atoms with Gasteiger partial charge in [0.25, 0.3) is 5.91 Å². The van der Waals surface area contributed by atoms with E-state index in [4.69, 9.17) is 5.84 Å². The summed E-state index contributed by atoms with van der Waals surface area (Å²) in [5, 5.41) is 2.97. The fourth-order valence-corrected chi connectivity index (χ4v) is 1.93. The Morgan fingerprint density at radius 3 is 2.94 bits per heavy atom. The van der Waals surface area contributed by atoms with Gasteiger partial charge in [0.1, 0.15) is 5.69 Å². The van der Waals surface area contributed by atoms with Crippen molar-refractivity contribution in [2.24, 2.45) is 5.84 Å². The number of rotatable bonds is 3. The van der Waals surface area contributed by atoms with E-state index in [-0.39, 0.29) is 11.9 Å². The standard InChI is InChI=1S/C11H17N5O/c1-16-5-4-9(7-16)14-11(17)10-3-2-8(15-12)6-13-10/h2-3,6,9,15H,4-5,7,12H2,1H3,(H,14,17). The number of likely N-dealkylation sites (N-methyl/N-ethyl adjacent to an activating group) is 1. The summed E-state index contributed by atoms with van der Waals surface area (Å²) in [6, 6.07) is 3.60. The maximum absolute atomic E-state index is 11.9. The minimum absolute atomic E-state index is 0.131. The molecule has 1 aromatic rings. The van der Waals surface area contributed by atoms with Gasteiger partial charge < -0.3 is 15.6 Å². The lowest BCUT2D eigenvalue weighted by molar-refractivity contribution is 0.0933. The Kier molecular flexibility index (Phi) is 3.55. The number of amides is 1. The second-order valence-corrected chi connectivity index (χ2v) is 4.30. The third-order valence-electron chi connectivity index (χ3n) is 2.89. The number of nitrogens with one attached hydrogen (secondary N) is 2. The number of nitrogen functional groups attached to an aromatic ring is 1. The molecule has 2 heterocycles. The summed E-state index contributed by atoms with van der Waals surface area (Å²) in [6.45, 7) is 1.92. The Morgan fingerprint density at radius 1 is 1.59 bits per heavy atom. The number of nitrogens with two attached hydrogens (primary N) is 1. The van der Waals surface area contributed by atoms with Crippen LogP contribution in [-0.4, -0.2) is 42.0 Å². The maximum atomic E-state index is 11.9. The van der Waals surface area contributed by atoms with Gasteiger partial charge in [0.2, 0.25) is 0 Å². The highest BCUT2D eigenvalue weighted by atomic mass is 16.1. The number of carbonyl (C=O) groups is 1. The third kappa shape index (κ3) is 2.92. The van der Waals surface area contributed by atoms with Crippen molar-refractivity contribution >= 4 is 11.6 Å². The Morgan fingerprint density at radius 2 is 2.41 bits per heavy atom. The van der Waals surface area contributed by atoms with E-state index in [1.165, 1.54) is 6.20 Å². The molecule has 1 amide bonds. The molecular weight excluding hydrogens is 218 g/mol. The predicted molar refractivity (Wildman–Crippen MR) is 65.4 cm³/mol. The number of hydrogen-bond donors (Lipinski definition) is 3. The number of likely N-dealkylation sites (tertiary alicyclic amines) is 1. The lowest BCUT2D eigenvalue weighted by Gasteiger charge is -2.12. The van der Waals surface area contributed by atoms with Crippen molar-refractivity contribution in [3.05, 3.63) is 24.0 Å². The summed E-state index contributed by atoms with van der Waals surface area (Å²) in [6.07, 6.45) is 2.53. The van der Waals surface area contributed by atoms with Crippen molar-refractivity contribution < 1.29 is 4.79 Å². The number of hydrogen-bond acceptors (Lipinski definition) is 5. The average molecular weight is 235 g/mol. The van der Waals surface area contributed by atoms with Crippen molar-refractivity contribution in [2.75, 3.05) is 25.6 Å². The fraction of sp³-hybridized carbons (Fsp3) is 0.455. The molecule has 0 bridgehead atoms. The minimum atomic E-state index is -0.131. The Bertz CT molecular complexity index is 391. The number of nitrogens with zero attached hydrogens (tertiary/aromatic N) is 2. The lowest BCUT2D eigenvalue weighted by Crippen LogP contribution is -2.36. The highest BCUT2D eigenvalue weighted by molar-refractivity contribution is 5.92. The van der Waals surface area contributed by atoms with Gasteiger partial charge in [0.15, 0.2) is 0 Å². The molecule has 1 saturated heterocycles. The van der Waals surface area contributed by atoms with E-state index in [0.29, 0.717) is 11.4 Å². The third-order valence-corrected chi connectivity index (χ3v) is 2.89. The number of carbonyl (C=O) groups excluding carboxylic acids is 1. The molecule has 6 heteroatoms. The first-order valence-corrected chi connectivity index (χ1v) is 5.61. The van der Waals surface area contributed by atoms with Crippen LogP contribution in [-0.2, 0) is 0 Å². The van der Waals surface area contributed by atoms with Gasteiger partial charge in [0.05, 0.1) is 11.9 Å². The molecule has 1 fully saturated rings. The quantitative estimate of drug-likeness (QED) is 0.499. The van der Waals surface area contributed by atoms with Crippen LogP contribution in [0.5, 0.6) is 0 Å². The van der Waals surface area contributed by atoms with E-state index in [1.807, 2.05) is 7.05 Å². The van der Waals surface area contributed by atoms with Gasteiger partial charge in [-0.3, -0.25) is 10.6 Å². The summed E-state index contributed by atoms with van der Waals surface area (Å²) in [5.74, 6) is 5.10. The van der Waals surface area contributed by atoms with Crippen LogP contribution >= 0.6 is 0 Å². The average Bonchev–Trinajstić information content (AvgIpc) is 2.75. The number of aromatic nitrogens is 1. The molecule has 4 N–H and O–H groups in total. The monoisotopic (exact) mass is 235 g/mol. The van der Waals surface area contributed by atoms with Gasteiger partial charge in [-0.2, -0.15) is 0 Å². The van der Waals surface area contributed by atoms with Crippen molar-refractivity contribution in [2.45, 2.75) is 12.5 Å². The summed E-state index contributed by atoms with van der Waals surface area (Å²) in [4.78, 5) is 18.1. The largest absolute Gasteiger partial charge is 0.347 e. The highest BCUT2D eigenvalue weighted by Gasteiger charge is 2.21. The second kappa shape index (κ2) is 5.11. The summed E-state index contributed by atoms with van der Waals surface area (Å²) < 4.78 is 0. The molecule has 17 heavy (non-hydrogen) atoms. The Labute approximate surface area is 100 Å². The molecule has 92 valence electrons. The van der Waals surface area contributed by atoms with Gasteiger partial charge in [-0.05, 0) is 32.1 Å². The molecule has 1 aliphatic rings. The molecule has 6 nitrogen and oxygen atoms in total. The highest BCUT2D eigenvalue weighted by Crippen LogP contribution is 2.08. The summed E-state index contributed by atoms with van der Waals surface area (Å²) >= 11 is 0. The topological polar surface area (TPSA) is 83.3 Å². The van der Waals surface area contributed by atoms with Crippen LogP contribution in [0, 0.1) is 0 Å². The summed E-state index contributed by atoms with van der Waals surface area (Å²) in [7, 11) is 2.05. The van der Waals surface area contributed by atoms with E-state index < -0.39 is 0 Å². The molecule has 0 saturated carbocycles. The molecule has 0 aromatic carbocycles. The van der Waals surface area contributed by atoms with E-state index >= 15 is 0 Å². The zero-order valence-electron chi connectivity index (χ0n) is 9.81. The first-order valence-electron chi connectivity index (χ1n) is 5.61. The SMILES string of the molecule is CN1CCC(NC(=O)c2ccc(NN)cn2)C1. The van der Waals surface area contributed by atoms with Crippen LogP contribution in [0.4, 0.5) is 5.69 Å². The fourth-order valence-electron chi connectivity index (χ4n) is 1.93. The van der Waals surface area contributed by atoms with Gasteiger partial charge in [0, 0.05) is 12.6 Å². The first-order chi connectivity index (χ1) is 8.19.